The first kappa shape index (κ1) is 21.6. The van der Waals surface area contributed by atoms with Gasteiger partial charge >= 0.3 is 6.30 Å². The number of fused-ring (bicyclic) bond motifs is 1. The first-order chi connectivity index (χ1) is 13.7. The molecule has 160 valence electrons. The zero-order valence-corrected chi connectivity index (χ0v) is 15.7. The Hall–Kier alpha value is -3.15. The van der Waals surface area contributed by atoms with Crippen molar-refractivity contribution < 1.29 is 44.2 Å². The zero-order chi connectivity index (χ0) is 22.5. The molecule has 0 bridgehead atoms. The molecule has 0 unspecified atom stereocenters. The predicted molar refractivity (Wildman–Crippen MR) is 90.7 cm³/mol. The van der Waals surface area contributed by atoms with Crippen molar-refractivity contribution in [2.45, 2.75) is 16.1 Å². The summed E-state index contributed by atoms with van der Waals surface area (Å²) >= 11 is 0. The van der Waals surface area contributed by atoms with Crippen LogP contribution >= 0.6 is 0 Å². The molecule has 2 aromatic carbocycles. The van der Waals surface area contributed by atoms with Gasteiger partial charge in [0.1, 0.15) is 16.9 Å². The van der Waals surface area contributed by atoms with Crippen LogP contribution in [0.2, 0.25) is 0 Å². The molecule has 30 heavy (non-hydrogen) atoms. The van der Waals surface area contributed by atoms with Crippen LogP contribution in [0.3, 0.4) is 0 Å². The maximum absolute atomic E-state index is 12.5. The van der Waals surface area contributed by atoms with Gasteiger partial charge in [0.25, 0.3) is 26.2 Å². The fraction of sp³-hybridized carbons (Fsp3) is 0.0769. The number of aromatic nitrogens is 3. The number of benzene rings is 2. The molecule has 0 aliphatic rings. The Bertz CT molecular complexity index is 1400. The van der Waals surface area contributed by atoms with Crippen LogP contribution in [-0.4, -0.2) is 45.8 Å². The molecule has 0 aliphatic heterocycles. The van der Waals surface area contributed by atoms with Gasteiger partial charge in [-0.2, -0.15) is 26.5 Å². The maximum Gasteiger partial charge on any atom is 0.506 e. The van der Waals surface area contributed by atoms with Crippen molar-refractivity contribution in [3.63, 3.8) is 0 Å². The van der Waals surface area contributed by atoms with Crippen LogP contribution in [-0.2, 0) is 26.5 Å². The zero-order valence-electron chi connectivity index (χ0n) is 14.0. The second-order valence-corrected chi connectivity index (χ2v) is 8.37. The first-order valence-electron chi connectivity index (χ1n) is 7.33. The lowest BCUT2D eigenvalue weighted by molar-refractivity contribution is -0.212. The number of rotatable bonds is 4. The van der Waals surface area contributed by atoms with E-state index >= 15 is 0 Å². The fourth-order valence-electron chi connectivity index (χ4n) is 2.31. The number of halogens is 3. The summed E-state index contributed by atoms with van der Waals surface area (Å²) in [6, 6.07) is 3.42. The van der Waals surface area contributed by atoms with Crippen molar-refractivity contribution >= 4 is 42.6 Å². The molecule has 12 nitrogen and oxygen atoms in total. The van der Waals surface area contributed by atoms with Gasteiger partial charge in [-0.15, -0.1) is 28.5 Å². The number of nitrogens with zero attached hydrogens (tertiary/aromatic N) is 5. The van der Waals surface area contributed by atoms with E-state index < -0.39 is 58.4 Å². The highest BCUT2D eigenvalue weighted by atomic mass is 32.2. The van der Waals surface area contributed by atoms with E-state index in [1.807, 2.05) is 0 Å². The summed E-state index contributed by atoms with van der Waals surface area (Å²) in [5.74, 6) is -1.92. The molecule has 3 rings (SSSR count). The lowest BCUT2D eigenvalue weighted by atomic mass is 10.1. The summed E-state index contributed by atoms with van der Waals surface area (Å²) in [6.45, 7) is 0. The van der Waals surface area contributed by atoms with E-state index in [-0.39, 0.29) is 10.8 Å². The molecule has 0 saturated carbocycles. The van der Waals surface area contributed by atoms with Gasteiger partial charge in [0.2, 0.25) is 0 Å². The summed E-state index contributed by atoms with van der Waals surface area (Å²) in [5, 5.41) is 19.6. The Labute approximate surface area is 164 Å². The average Bonchev–Trinajstić information content (AvgIpc) is 3.07. The summed E-state index contributed by atoms with van der Waals surface area (Å²) in [4.78, 5) is 1.50. The fourth-order valence-corrected chi connectivity index (χ4v) is 3.44. The summed E-state index contributed by atoms with van der Waals surface area (Å²) in [7, 11) is -9.73. The monoisotopic (exact) mass is 467 g/mol. The van der Waals surface area contributed by atoms with Crippen molar-refractivity contribution in [1.29, 1.82) is 0 Å². The molecule has 1 heterocycles. The summed E-state index contributed by atoms with van der Waals surface area (Å²) in [5.41, 5.74) is -0.648. The Morgan fingerprint density at radius 3 is 2.20 bits per heavy atom. The molecule has 0 saturated heterocycles. The quantitative estimate of drug-likeness (QED) is 0.383. The average molecular weight is 467 g/mol. The van der Waals surface area contributed by atoms with Gasteiger partial charge in [0.05, 0.1) is 4.90 Å². The third kappa shape index (κ3) is 4.22. The van der Waals surface area contributed by atoms with Crippen LogP contribution in [0.1, 0.15) is 0 Å². The van der Waals surface area contributed by atoms with E-state index in [1.165, 1.54) is 0 Å². The molecule has 0 amide bonds. The Balaban J connectivity index is 2.24. The highest BCUT2D eigenvalue weighted by molar-refractivity contribution is 7.86. The topological polar surface area (TPSA) is 184 Å². The Morgan fingerprint density at radius 1 is 1.00 bits per heavy atom. The van der Waals surface area contributed by atoms with Crippen LogP contribution in [0.4, 0.5) is 24.8 Å². The molecule has 0 radical (unpaired) electrons. The Morgan fingerprint density at radius 2 is 1.67 bits per heavy atom. The van der Waals surface area contributed by atoms with Gasteiger partial charge in [0, 0.05) is 5.39 Å². The minimum Gasteiger partial charge on any atom is -0.504 e. The van der Waals surface area contributed by atoms with E-state index in [1.54, 1.807) is 0 Å². The SMILES string of the molecule is O=S(=O)(O)c1ccc2c(N=Nc3ncn(C(F)(F)F)n3)c(O)c(S(=O)(=O)O)cc2c1. The molecule has 3 aromatic rings. The van der Waals surface area contributed by atoms with Crippen LogP contribution < -0.4 is 0 Å². The van der Waals surface area contributed by atoms with E-state index in [0.717, 1.165) is 18.2 Å². The number of alkyl halides is 3. The predicted octanol–water partition coefficient (Wildman–Crippen LogP) is 2.52. The van der Waals surface area contributed by atoms with Crippen LogP contribution in [0.5, 0.6) is 5.75 Å². The normalized spacial score (nSPS) is 13.4. The molecule has 0 aliphatic carbocycles. The van der Waals surface area contributed by atoms with Gasteiger partial charge in [-0.1, -0.05) is 6.07 Å². The lowest BCUT2D eigenvalue weighted by Crippen LogP contribution is -2.16. The van der Waals surface area contributed by atoms with Crippen LogP contribution in [0, 0.1) is 0 Å². The van der Waals surface area contributed by atoms with Crippen LogP contribution in [0.15, 0.2) is 50.6 Å². The molecule has 0 fully saturated rings. The number of aromatic hydroxyl groups is 1. The van der Waals surface area contributed by atoms with E-state index in [0.29, 0.717) is 12.4 Å². The number of azo groups is 1. The summed E-state index contributed by atoms with van der Waals surface area (Å²) < 4.78 is 101. The van der Waals surface area contributed by atoms with Crippen molar-refractivity contribution in [1.82, 2.24) is 14.8 Å². The number of phenols is 1. The van der Waals surface area contributed by atoms with Gasteiger partial charge in [-0.25, -0.2) is 0 Å². The van der Waals surface area contributed by atoms with Crippen molar-refractivity contribution in [2.24, 2.45) is 10.2 Å². The lowest BCUT2D eigenvalue weighted by Gasteiger charge is -2.09. The van der Waals surface area contributed by atoms with Gasteiger partial charge < -0.3 is 5.11 Å². The minimum atomic E-state index is -5.04. The Kier molecular flexibility index (Phi) is 5.01. The largest absolute Gasteiger partial charge is 0.506 e. The van der Waals surface area contributed by atoms with Crippen molar-refractivity contribution in [3.05, 3.63) is 30.6 Å². The first-order valence-corrected chi connectivity index (χ1v) is 10.2. The van der Waals surface area contributed by atoms with Crippen molar-refractivity contribution in [3.8, 4) is 5.75 Å². The van der Waals surface area contributed by atoms with E-state index in [9.17, 15) is 39.7 Å². The molecule has 17 heteroatoms. The standard InChI is InChI=1S/C13H8F3N5O7S2/c14-13(15,16)21-5-17-12(20-21)19-18-10-8-2-1-7(29(23,24)25)3-6(8)4-9(11(10)22)30(26,27)28/h1-5,22H,(H,23,24,25)(H,26,27,28). The molecule has 1 aromatic heterocycles. The van der Waals surface area contributed by atoms with Gasteiger partial charge in [-0.3, -0.25) is 9.11 Å². The second kappa shape index (κ2) is 6.97. The third-order valence-corrected chi connectivity index (χ3v) is 5.29. The minimum absolute atomic E-state index is 0.119. The van der Waals surface area contributed by atoms with Gasteiger partial charge in [0.15, 0.2) is 5.75 Å². The van der Waals surface area contributed by atoms with Crippen LogP contribution in [0.25, 0.3) is 10.8 Å². The summed E-state index contributed by atoms with van der Waals surface area (Å²) in [6.07, 6.45) is -4.59. The third-order valence-electron chi connectivity index (χ3n) is 3.58. The van der Waals surface area contributed by atoms with Gasteiger partial charge in [-0.05, 0) is 23.6 Å². The molecular formula is C13H8F3N5O7S2. The number of phenolic OH excluding ortho intramolecular Hbond substituents is 1. The van der Waals surface area contributed by atoms with Crippen molar-refractivity contribution in [2.75, 3.05) is 0 Å². The van der Waals surface area contributed by atoms with E-state index in [4.69, 9.17) is 4.55 Å². The maximum atomic E-state index is 12.5. The number of hydrogen-bond acceptors (Lipinski definition) is 9. The second-order valence-electron chi connectivity index (χ2n) is 5.56. The molecular weight excluding hydrogens is 459 g/mol. The van der Waals surface area contributed by atoms with E-state index in [2.05, 4.69) is 20.3 Å². The number of hydrogen-bond donors (Lipinski definition) is 3. The highest BCUT2D eigenvalue weighted by Crippen LogP contribution is 2.41. The highest BCUT2D eigenvalue weighted by Gasteiger charge is 2.32. The molecule has 0 spiro atoms. The smallest absolute Gasteiger partial charge is 0.504 e. The molecule has 3 N–H and O–H groups in total. The molecule has 0 atom stereocenters.